The van der Waals surface area contributed by atoms with Gasteiger partial charge in [-0.25, -0.2) is 4.79 Å². The highest BCUT2D eigenvalue weighted by molar-refractivity contribution is 5.91. The number of benzene rings is 2. The summed E-state index contributed by atoms with van der Waals surface area (Å²) >= 11 is 0. The van der Waals surface area contributed by atoms with Gasteiger partial charge >= 0.3 is 5.97 Å². The maximum atomic E-state index is 12.3. The normalized spacial score (nSPS) is 11.8. The van der Waals surface area contributed by atoms with E-state index >= 15 is 0 Å². The number of amides is 1. The molecule has 0 heterocycles. The molecular weight excluding hydrogens is 330 g/mol. The van der Waals surface area contributed by atoms with Crippen molar-refractivity contribution in [1.82, 2.24) is 5.32 Å². The van der Waals surface area contributed by atoms with Gasteiger partial charge in [0.1, 0.15) is 5.75 Å². The van der Waals surface area contributed by atoms with Gasteiger partial charge in [-0.1, -0.05) is 44.2 Å². The van der Waals surface area contributed by atoms with E-state index in [1.165, 1.54) is 6.07 Å². The molecule has 2 aromatic rings. The molecule has 0 aliphatic heterocycles. The van der Waals surface area contributed by atoms with Crippen molar-refractivity contribution in [3.05, 3.63) is 65.2 Å². The monoisotopic (exact) mass is 355 g/mol. The molecule has 0 aromatic heterocycles. The molecular formula is C21H25NO4. The van der Waals surface area contributed by atoms with E-state index in [1.807, 2.05) is 31.2 Å². The van der Waals surface area contributed by atoms with E-state index in [9.17, 15) is 14.7 Å². The molecule has 1 atom stereocenters. The van der Waals surface area contributed by atoms with Crippen LogP contribution >= 0.6 is 0 Å². The topological polar surface area (TPSA) is 75.6 Å². The van der Waals surface area contributed by atoms with Gasteiger partial charge in [0.2, 0.25) is 5.91 Å². The average Bonchev–Trinajstić information content (AvgIpc) is 2.60. The van der Waals surface area contributed by atoms with E-state index < -0.39 is 5.97 Å². The summed E-state index contributed by atoms with van der Waals surface area (Å²) in [5, 5.41) is 12.1. The van der Waals surface area contributed by atoms with Gasteiger partial charge in [-0.05, 0) is 42.2 Å². The lowest BCUT2D eigenvalue weighted by Crippen LogP contribution is -2.28. The van der Waals surface area contributed by atoms with Crippen molar-refractivity contribution < 1.29 is 19.4 Å². The largest absolute Gasteiger partial charge is 0.493 e. The molecule has 0 aliphatic rings. The maximum Gasteiger partial charge on any atom is 0.335 e. The van der Waals surface area contributed by atoms with Crippen LogP contribution in [0.3, 0.4) is 0 Å². The molecule has 1 unspecified atom stereocenters. The molecule has 2 aromatic carbocycles. The fraction of sp³-hybridized carbons (Fsp3) is 0.333. The summed E-state index contributed by atoms with van der Waals surface area (Å²) < 4.78 is 5.65. The third-order valence-electron chi connectivity index (χ3n) is 3.94. The lowest BCUT2D eigenvalue weighted by molar-refractivity contribution is -0.121. The molecule has 5 heteroatoms. The number of carbonyl (C=O) groups excluding carboxylic acids is 1. The van der Waals surface area contributed by atoms with Gasteiger partial charge in [0.15, 0.2) is 0 Å². The molecule has 0 radical (unpaired) electrons. The van der Waals surface area contributed by atoms with Crippen molar-refractivity contribution in [1.29, 1.82) is 0 Å². The summed E-state index contributed by atoms with van der Waals surface area (Å²) in [6.45, 7) is 6.74. The number of rotatable bonds is 8. The first-order valence-electron chi connectivity index (χ1n) is 8.70. The van der Waals surface area contributed by atoms with Crippen molar-refractivity contribution in [2.24, 2.45) is 5.92 Å². The average molecular weight is 355 g/mol. The van der Waals surface area contributed by atoms with E-state index in [-0.39, 0.29) is 23.9 Å². The molecule has 0 bridgehead atoms. The molecule has 0 saturated heterocycles. The van der Waals surface area contributed by atoms with Crippen molar-refractivity contribution in [3.8, 4) is 5.75 Å². The summed E-state index contributed by atoms with van der Waals surface area (Å²) in [5.41, 5.74) is 1.62. The molecule has 2 N–H and O–H groups in total. The van der Waals surface area contributed by atoms with Gasteiger partial charge in [-0.2, -0.15) is 0 Å². The van der Waals surface area contributed by atoms with Crippen LogP contribution in [0.5, 0.6) is 5.75 Å². The molecule has 26 heavy (non-hydrogen) atoms. The number of aromatic carboxylic acids is 1. The van der Waals surface area contributed by atoms with Crippen LogP contribution in [0.2, 0.25) is 0 Å². The maximum absolute atomic E-state index is 12.3. The van der Waals surface area contributed by atoms with Gasteiger partial charge < -0.3 is 15.2 Å². The Balaban J connectivity index is 1.96. The van der Waals surface area contributed by atoms with Crippen LogP contribution in [0.4, 0.5) is 0 Å². The van der Waals surface area contributed by atoms with Crippen LogP contribution in [-0.4, -0.2) is 23.6 Å². The van der Waals surface area contributed by atoms with Crippen molar-refractivity contribution in [2.75, 3.05) is 6.61 Å². The molecule has 1 amide bonds. The van der Waals surface area contributed by atoms with Crippen molar-refractivity contribution >= 4 is 11.9 Å². The van der Waals surface area contributed by atoms with Gasteiger partial charge in [-0.15, -0.1) is 0 Å². The highest BCUT2D eigenvalue weighted by Gasteiger charge is 2.15. The molecule has 0 aliphatic carbocycles. The van der Waals surface area contributed by atoms with Crippen molar-refractivity contribution in [3.63, 3.8) is 0 Å². The van der Waals surface area contributed by atoms with Crippen LogP contribution < -0.4 is 10.1 Å². The quantitative estimate of drug-likeness (QED) is 0.754. The first-order chi connectivity index (χ1) is 12.4. The molecule has 0 saturated carbocycles. The zero-order valence-electron chi connectivity index (χ0n) is 15.4. The first kappa shape index (κ1) is 19.5. The van der Waals surface area contributed by atoms with Crippen LogP contribution in [0, 0.1) is 5.92 Å². The van der Waals surface area contributed by atoms with Crippen LogP contribution in [0.1, 0.15) is 48.3 Å². The predicted molar refractivity (Wildman–Crippen MR) is 100 cm³/mol. The first-order valence-corrected chi connectivity index (χ1v) is 8.70. The number of carboxylic acids is 1. The third-order valence-corrected chi connectivity index (χ3v) is 3.94. The summed E-state index contributed by atoms with van der Waals surface area (Å²) in [5.74, 6) is 0.0164. The fourth-order valence-electron chi connectivity index (χ4n) is 2.55. The lowest BCUT2D eigenvalue weighted by atomic mass is 10.0. The highest BCUT2D eigenvalue weighted by Crippen LogP contribution is 2.18. The zero-order chi connectivity index (χ0) is 19.1. The smallest absolute Gasteiger partial charge is 0.335 e. The minimum Gasteiger partial charge on any atom is -0.493 e. The Morgan fingerprint density at radius 2 is 1.69 bits per heavy atom. The van der Waals surface area contributed by atoms with E-state index in [1.54, 1.807) is 18.2 Å². The van der Waals surface area contributed by atoms with E-state index in [4.69, 9.17) is 4.74 Å². The number of ether oxygens (including phenoxy) is 1. The lowest BCUT2D eigenvalue weighted by Gasteiger charge is -2.16. The molecule has 0 fully saturated rings. The van der Waals surface area contributed by atoms with Gasteiger partial charge in [0, 0.05) is 0 Å². The fourth-order valence-corrected chi connectivity index (χ4v) is 2.55. The number of hydrogen-bond acceptors (Lipinski definition) is 3. The summed E-state index contributed by atoms with van der Waals surface area (Å²) in [6.07, 6.45) is 0.0302. The Bertz CT molecular complexity index is 753. The van der Waals surface area contributed by atoms with Gasteiger partial charge in [0.05, 0.1) is 24.6 Å². The minimum absolute atomic E-state index is 0.0302. The standard InChI is InChI=1S/C21H25NO4/c1-14(2)13-26-18-10-8-16(9-11-18)15(3)22-20(23)12-17-6-4-5-7-19(17)21(24)25/h4-11,14-15H,12-13H2,1-3H3,(H,22,23)(H,24,25). The molecule has 5 nitrogen and oxygen atoms in total. The second-order valence-electron chi connectivity index (χ2n) is 6.70. The van der Waals surface area contributed by atoms with E-state index in [0.29, 0.717) is 18.1 Å². The van der Waals surface area contributed by atoms with Crippen LogP contribution in [0.25, 0.3) is 0 Å². The Labute approximate surface area is 154 Å². The Morgan fingerprint density at radius 1 is 1.04 bits per heavy atom. The number of carboxylic acid groups (broad SMARTS) is 1. The second-order valence-corrected chi connectivity index (χ2v) is 6.70. The Kier molecular flexibility index (Phi) is 6.78. The summed E-state index contributed by atoms with van der Waals surface area (Å²) in [4.78, 5) is 23.5. The molecule has 2 rings (SSSR count). The molecule has 138 valence electrons. The zero-order valence-corrected chi connectivity index (χ0v) is 15.4. The number of carbonyl (C=O) groups is 2. The SMILES string of the molecule is CC(C)COc1ccc(C(C)NC(=O)Cc2ccccc2C(=O)O)cc1. The Morgan fingerprint density at radius 3 is 2.31 bits per heavy atom. The van der Waals surface area contributed by atoms with Gasteiger partial charge in [-0.3, -0.25) is 4.79 Å². The number of nitrogens with one attached hydrogen (secondary N) is 1. The number of hydrogen-bond donors (Lipinski definition) is 2. The predicted octanol–water partition coefficient (Wildman–Crippen LogP) is 3.84. The summed E-state index contributed by atoms with van der Waals surface area (Å²) in [7, 11) is 0. The summed E-state index contributed by atoms with van der Waals surface area (Å²) in [6, 6.07) is 14.0. The van der Waals surface area contributed by atoms with Crippen molar-refractivity contribution in [2.45, 2.75) is 33.2 Å². The van der Waals surface area contributed by atoms with E-state index in [2.05, 4.69) is 19.2 Å². The van der Waals surface area contributed by atoms with Crippen LogP contribution in [0.15, 0.2) is 48.5 Å². The van der Waals surface area contributed by atoms with Crippen LogP contribution in [-0.2, 0) is 11.2 Å². The van der Waals surface area contributed by atoms with Gasteiger partial charge in [0.25, 0.3) is 0 Å². The second kappa shape index (κ2) is 9.04. The molecule has 0 spiro atoms. The third kappa shape index (κ3) is 5.62. The highest BCUT2D eigenvalue weighted by atomic mass is 16.5. The minimum atomic E-state index is -1.03. The Hall–Kier alpha value is -2.82. The van der Waals surface area contributed by atoms with E-state index in [0.717, 1.165) is 11.3 Å².